The lowest BCUT2D eigenvalue weighted by Gasteiger charge is -2.31. The maximum absolute atomic E-state index is 10.6. The lowest BCUT2D eigenvalue weighted by atomic mass is 10.1. The van der Waals surface area contributed by atoms with Gasteiger partial charge in [0, 0.05) is 19.1 Å². The summed E-state index contributed by atoms with van der Waals surface area (Å²) in [7, 11) is 3.34. The van der Waals surface area contributed by atoms with Crippen molar-refractivity contribution in [3.8, 4) is 11.5 Å². The monoisotopic (exact) mass is 461 g/mol. The van der Waals surface area contributed by atoms with E-state index in [-0.39, 0.29) is 12.2 Å². The third-order valence-corrected chi connectivity index (χ3v) is 5.46. The summed E-state index contributed by atoms with van der Waals surface area (Å²) in [6.45, 7) is 7.08. The molecule has 180 valence electrons. The molecule has 1 aliphatic carbocycles. The topological polar surface area (TPSA) is 77.5 Å². The number of aliphatic carboxylic acids is 1. The van der Waals surface area contributed by atoms with Crippen molar-refractivity contribution in [2.45, 2.75) is 43.7 Å². The second-order valence-electron chi connectivity index (χ2n) is 7.42. The van der Waals surface area contributed by atoms with Gasteiger partial charge in [-0.25, -0.2) is 4.79 Å². The van der Waals surface area contributed by atoms with Crippen molar-refractivity contribution in [1.82, 2.24) is 4.90 Å². The van der Waals surface area contributed by atoms with Gasteiger partial charge in [0.05, 0.1) is 39.6 Å². The molecule has 0 amide bonds. The Morgan fingerprint density at radius 3 is 2.56 bits per heavy atom. The predicted molar refractivity (Wildman–Crippen MR) is 111 cm³/mol. The third kappa shape index (κ3) is 7.11. The Bertz CT molecular complexity index is 758. The Hall–Kier alpha value is -2.30. The molecule has 10 heteroatoms. The van der Waals surface area contributed by atoms with E-state index in [2.05, 4.69) is 23.6 Å². The molecule has 0 radical (unpaired) electrons. The average Bonchev–Trinajstić information content (AvgIpc) is 3.06. The maximum Gasteiger partial charge on any atom is 0.490 e. The van der Waals surface area contributed by atoms with Crippen LogP contribution in [0.3, 0.4) is 0 Å². The van der Waals surface area contributed by atoms with E-state index in [1.165, 1.54) is 5.56 Å². The Labute approximate surface area is 185 Å². The first-order chi connectivity index (χ1) is 15.2. The lowest BCUT2D eigenvalue weighted by molar-refractivity contribution is -0.192. The highest BCUT2D eigenvalue weighted by Gasteiger charge is 2.42. The van der Waals surface area contributed by atoms with E-state index in [4.69, 9.17) is 28.8 Å². The molecule has 3 unspecified atom stereocenters. The van der Waals surface area contributed by atoms with E-state index in [1.54, 1.807) is 14.2 Å². The van der Waals surface area contributed by atoms with Gasteiger partial charge < -0.3 is 24.1 Å². The maximum atomic E-state index is 10.6. The predicted octanol–water partition coefficient (Wildman–Crippen LogP) is 3.31. The largest absolute Gasteiger partial charge is 0.493 e. The summed E-state index contributed by atoms with van der Waals surface area (Å²) in [5.74, 6) is -1.20. The molecule has 1 heterocycles. The molecule has 0 spiro atoms. The molecule has 2 bridgehead atoms. The molecule has 1 saturated carbocycles. The van der Waals surface area contributed by atoms with Crippen LogP contribution in [0, 0.1) is 0 Å². The summed E-state index contributed by atoms with van der Waals surface area (Å²) in [6, 6.07) is 6.59. The van der Waals surface area contributed by atoms with Crippen LogP contribution in [-0.4, -0.2) is 80.9 Å². The molecule has 32 heavy (non-hydrogen) atoms. The van der Waals surface area contributed by atoms with E-state index in [1.807, 2.05) is 12.1 Å². The van der Waals surface area contributed by atoms with Gasteiger partial charge in [0.15, 0.2) is 11.5 Å². The molecular formula is C22H30F3NO6. The van der Waals surface area contributed by atoms with E-state index < -0.39 is 12.1 Å². The van der Waals surface area contributed by atoms with Crippen LogP contribution in [0.15, 0.2) is 30.9 Å². The van der Waals surface area contributed by atoms with E-state index in [0.29, 0.717) is 12.6 Å². The number of carboxylic acid groups (broad SMARTS) is 1. The molecule has 3 atom stereocenters. The summed E-state index contributed by atoms with van der Waals surface area (Å²) in [5.41, 5.74) is 1.25. The van der Waals surface area contributed by atoms with Gasteiger partial charge in [-0.2, -0.15) is 13.2 Å². The fourth-order valence-corrected chi connectivity index (χ4v) is 3.95. The summed E-state index contributed by atoms with van der Waals surface area (Å²) in [5, 5.41) is 7.12. The molecule has 0 aromatic heterocycles. The summed E-state index contributed by atoms with van der Waals surface area (Å²) in [6.07, 6.45) is 0.313. The fourth-order valence-electron chi connectivity index (χ4n) is 3.95. The normalized spacial score (nSPS) is 23.0. The van der Waals surface area contributed by atoms with Gasteiger partial charge in [-0.05, 0) is 37.0 Å². The van der Waals surface area contributed by atoms with Crippen LogP contribution < -0.4 is 9.47 Å². The van der Waals surface area contributed by atoms with Crippen LogP contribution in [0.5, 0.6) is 11.5 Å². The molecule has 1 saturated heterocycles. The van der Waals surface area contributed by atoms with Crippen LogP contribution in [0.2, 0.25) is 0 Å². The number of nitrogens with zero attached hydrogens (tertiary/aromatic N) is 1. The molecule has 2 fully saturated rings. The first-order valence-electron chi connectivity index (χ1n) is 10.3. The number of fused-ring (bicyclic) bond motifs is 2. The number of carboxylic acids is 1. The van der Waals surface area contributed by atoms with Crippen molar-refractivity contribution in [2.24, 2.45) is 0 Å². The Balaban J connectivity index is 0.000000451. The Morgan fingerprint density at radius 1 is 1.28 bits per heavy atom. The van der Waals surface area contributed by atoms with Crippen molar-refractivity contribution < 1.29 is 42.0 Å². The average molecular weight is 461 g/mol. The number of halogens is 3. The first-order valence-corrected chi connectivity index (χ1v) is 10.3. The highest BCUT2D eigenvalue weighted by molar-refractivity contribution is 5.73. The summed E-state index contributed by atoms with van der Waals surface area (Å²) in [4.78, 5) is 11.4. The SMILES string of the molecule is C=CCOC1C2CCC1N(CCc1ccc(OC)c(OC)c1)CCO2.O=C(O)C(F)(F)F. The fraction of sp³-hybridized carbons (Fsp3) is 0.591. The summed E-state index contributed by atoms with van der Waals surface area (Å²) < 4.78 is 54.5. The number of methoxy groups -OCH3 is 2. The van der Waals surface area contributed by atoms with Crippen LogP contribution >= 0.6 is 0 Å². The Morgan fingerprint density at radius 2 is 1.97 bits per heavy atom. The Kier molecular flexibility index (Phi) is 9.80. The van der Waals surface area contributed by atoms with Gasteiger partial charge in [0.1, 0.15) is 0 Å². The number of alkyl halides is 3. The molecule has 1 aromatic rings. The number of carbonyl (C=O) groups is 1. The number of hydrogen-bond acceptors (Lipinski definition) is 6. The van der Waals surface area contributed by atoms with E-state index in [9.17, 15) is 13.2 Å². The molecule has 3 rings (SSSR count). The molecular weight excluding hydrogens is 431 g/mol. The van der Waals surface area contributed by atoms with Crippen LogP contribution in [-0.2, 0) is 20.7 Å². The van der Waals surface area contributed by atoms with Crippen molar-refractivity contribution in [1.29, 1.82) is 0 Å². The van der Waals surface area contributed by atoms with Crippen LogP contribution in [0.25, 0.3) is 0 Å². The van der Waals surface area contributed by atoms with Crippen LogP contribution in [0.4, 0.5) is 13.2 Å². The van der Waals surface area contributed by atoms with Gasteiger partial charge in [-0.1, -0.05) is 12.1 Å². The first kappa shape index (κ1) is 26.0. The second kappa shape index (κ2) is 12.1. The highest BCUT2D eigenvalue weighted by atomic mass is 19.4. The molecule has 1 aliphatic heterocycles. The second-order valence-corrected chi connectivity index (χ2v) is 7.42. The molecule has 7 nitrogen and oxygen atoms in total. The van der Waals surface area contributed by atoms with Crippen molar-refractivity contribution >= 4 is 5.97 Å². The zero-order chi connectivity index (χ0) is 23.7. The number of hydrogen-bond donors (Lipinski definition) is 1. The number of benzene rings is 1. The van der Waals surface area contributed by atoms with Crippen molar-refractivity contribution in [3.63, 3.8) is 0 Å². The lowest BCUT2D eigenvalue weighted by Crippen LogP contribution is -2.44. The van der Waals surface area contributed by atoms with Crippen molar-refractivity contribution in [3.05, 3.63) is 36.4 Å². The van der Waals surface area contributed by atoms with E-state index in [0.717, 1.165) is 50.5 Å². The van der Waals surface area contributed by atoms with Crippen molar-refractivity contribution in [2.75, 3.05) is 40.5 Å². The molecule has 1 N–H and O–H groups in total. The van der Waals surface area contributed by atoms with Gasteiger partial charge in [0.2, 0.25) is 0 Å². The van der Waals surface area contributed by atoms with Crippen LogP contribution in [0.1, 0.15) is 18.4 Å². The van der Waals surface area contributed by atoms with Gasteiger partial charge in [-0.15, -0.1) is 6.58 Å². The molecule has 1 aromatic carbocycles. The molecule has 2 aliphatic rings. The smallest absolute Gasteiger partial charge is 0.490 e. The third-order valence-electron chi connectivity index (χ3n) is 5.46. The van der Waals surface area contributed by atoms with Gasteiger partial charge >= 0.3 is 12.1 Å². The standard InChI is InChI=1S/C20H29NO4.C2HF3O2/c1-4-12-25-20-16-6-8-18(20)24-13-11-21(16)10-9-15-5-7-17(22-2)19(14-15)23-3;3-2(4,5)1(6)7/h4-5,7,14,16,18,20H,1,6,8-13H2,2-3H3;(H,6,7). The summed E-state index contributed by atoms with van der Waals surface area (Å²) >= 11 is 0. The minimum Gasteiger partial charge on any atom is -0.493 e. The highest BCUT2D eigenvalue weighted by Crippen LogP contribution is 2.33. The van der Waals surface area contributed by atoms with Gasteiger partial charge in [-0.3, -0.25) is 4.90 Å². The quantitative estimate of drug-likeness (QED) is 0.595. The number of ether oxygens (including phenoxy) is 4. The van der Waals surface area contributed by atoms with Gasteiger partial charge in [0.25, 0.3) is 0 Å². The zero-order valence-electron chi connectivity index (χ0n) is 18.3. The van der Waals surface area contributed by atoms with E-state index >= 15 is 0 Å². The number of rotatable bonds is 8. The zero-order valence-corrected chi connectivity index (χ0v) is 18.3. The minimum atomic E-state index is -5.08. The minimum absolute atomic E-state index is 0.158.